The lowest BCUT2D eigenvalue weighted by atomic mass is 9.69. The lowest BCUT2D eigenvalue weighted by Crippen LogP contribution is -2.49. The van der Waals surface area contributed by atoms with Crippen molar-refractivity contribution in [3.8, 4) is 0 Å². The molecule has 0 atom stereocenters. The molecule has 1 aromatic heterocycles. The molecule has 6 heteroatoms. The number of nitrogen functional groups attached to an aromatic ring is 1. The number of amides is 1. The highest BCUT2D eigenvalue weighted by molar-refractivity contribution is 5.83. The van der Waals surface area contributed by atoms with E-state index in [1.54, 1.807) is 0 Å². The third kappa shape index (κ3) is 2.52. The van der Waals surface area contributed by atoms with Crippen LogP contribution in [0.1, 0.15) is 50.6 Å². The molecule has 21 heavy (non-hydrogen) atoms. The summed E-state index contributed by atoms with van der Waals surface area (Å²) in [6.45, 7) is 4.15. The van der Waals surface area contributed by atoms with Gasteiger partial charge in [-0.3, -0.25) is 9.48 Å². The standard InChI is InChI=1S/C15H25N5O/c1-15(5-2-6-15)14(21)19-7-3-12(4-8-19)20-10-11(9-16)13(17)18-20/h10,12H,2-9,16H2,1H3,(H2,17,18). The molecular weight excluding hydrogens is 266 g/mol. The van der Waals surface area contributed by atoms with Gasteiger partial charge in [0, 0.05) is 36.8 Å². The van der Waals surface area contributed by atoms with E-state index in [4.69, 9.17) is 11.5 Å². The number of nitrogens with zero attached hydrogens (tertiary/aromatic N) is 3. The Bertz CT molecular complexity index is 526. The quantitative estimate of drug-likeness (QED) is 0.877. The van der Waals surface area contributed by atoms with Crippen LogP contribution in [0, 0.1) is 5.41 Å². The fraction of sp³-hybridized carbons (Fsp3) is 0.733. The van der Waals surface area contributed by atoms with Crippen molar-refractivity contribution < 1.29 is 4.79 Å². The molecule has 3 rings (SSSR count). The molecule has 1 aromatic rings. The zero-order valence-corrected chi connectivity index (χ0v) is 12.7. The Morgan fingerprint density at radius 2 is 2.10 bits per heavy atom. The van der Waals surface area contributed by atoms with Crippen LogP contribution in [0.15, 0.2) is 6.20 Å². The molecule has 2 fully saturated rings. The van der Waals surface area contributed by atoms with Crippen molar-refractivity contribution in [1.82, 2.24) is 14.7 Å². The second kappa shape index (κ2) is 5.33. The largest absolute Gasteiger partial charge is 0.382 e. The summed E-state index contributed by atoms with van der Waals surface area (Å²) in [5, 5.41) is 4.36. The van der Waals surface area contributed by atoms with E-state index < -0.39 is 0 Å². The molecule has 0 spiro atoms. The van der Waals surface area contributed by atoms with Crippen LogP contribution in [0.2, 0.25) is 0 Å². The van der Waals surface area contributed by atoms with Gasteiger partial charge in [0.25, 0.3) is 0 Å². The lowest BCUT2D eigenvalue weighted by molar-refractivity contribution is -0.147. The fourth-order valence-corrected chi connectivity index (χ4v) is 3.42. The predicted molar refractivity (Wildman–Crippen MR) is 81.3 cm³/mol. The van der Waals surface area contributed by atoms with Crippen molar-refractivity contribution in [2.45, 2.75) is 51.6 Å². The number of hydrogen-bond acceptors (Lipinski definition) is 4. The third-order valence-corrected chi connectivity index (χ3v) is 5.16. The van der Waals surface area contributed by atoms with E-state index in [0.717, 1.165) is 44.3 Å². The lowest BCUT2D eigenvalue weighted by Gasteiger charge is -2.43. The number of piperidine rings is 1. The Hall–Kier alpha value is -1.56. The van der Waals surface area contributed by atoms with E-state index in [-0.39, 0.29) is 5.41 Å². The van der Waals surface area contributed by atoms with E-state index >= 15 is 0 Å². The number of rotatable bonds is 3. The first-order chi connectivity index (χ1) is 10.0. The second-order valence-corrected chi connectivity index (χ2v) is 6.66. The van der Waals surface area contributed by atoms with Gasteiger partial charge in [-0.25, -0.2) is 0 Å². The van der Waals surface area contributed by atoms with Crippen LogP contribution in [0.3, 0.4) is 0 Å². The SMILES string of the molecule is CC1(C(=O)N2CCC(n3cc(CN)c(N)n3)CC2)CCC1. The Kier molecular flexibility index (Phi) is 3.65. The smallest absolute Gasteiger partial charge is 0.228 e. The number of anilines is 1. The van der Waals surface area contributed by atoms with Gasteiger partial charge >= 0.3 is 0 Å². The monoisotopic (exact) mass is 291 g/mol. The van der Waals surface area contributed by atoms with Gasteiger partial charge < -0.3 is 16.4 Å². The Morgan fingerprint density at radius 1 is 1.43 bits per heavy atom. The maximum absolute atomic E-state index is 12.5. The topological polar surface area (TPSA) is 90.2 Å². The summed E-state index contributed by atoms with van der Waals surface area (Å²) in [6.07, 6.45) is 7.10. The highest BCUT2D eigenvalue weighted by atomic mass is 16.2. The number of carbonyl (C=O) groups excluding carboxylic acids is 1. The average Bonchev–Trinajstić information content (AvgIpc) is 2.85. The van der Waals surface area contributed by atoms with Crippen molar-refractivity contribution in [3.63, 3.8) is 0 Å². The van der Waals surface area contributed by atoms with E-state index in [2.05, 4.69) is 12.0 Å². The highest BCUT2D eigenvalue weighted by Gasteiger charge is 2.42. The van der Waals surface area contributed by atoms with Gasteiger partial charge in [0.05, 0.1) is 6.04 Å². The molecule has 0 radical (unpaired) electrons. The van der Waals surface area contributed by atoms with Gasteiger partial charge in [-0.15, -0.1) is 0 Å². The van der Waals surface area contributed by atoms with Gasteiger partial charge in [-0.05, 0) is 25.7 Å². The zero-order chi connectivity index (χ0) is 15.0. The van der Waals surface area contributed by atoms with E-state index in [1.165, 1.54) is 6.42 Å². The van der Waals surface area contributed by atoms with Crippen LogP contribution < -0.4 is 11.5 Å². The van der Waals surface area contributed by atoms with Crippen LogP contribution in [-0.2, 0) is 11.3 Å². The van der Waals surface area contributed by atoms with Crippen molar-refractivity contribution in [2.75, 3.05) is 18.8 Å². The highest BCUT2D eigenvalue weighted by Crippen LogP contribution is 2.42. The molecule has 0 unspecified atom stereocenters. The fourth-order valence-electron chi connectivity index (χ4n) is 3.42. The van der Waals surface area contributed by atoms with Crippen LogP contribution in [0.4, 0.5) is 5.82 Å². The minimum Gasteiger partial charge on any atom is -0.382 e. The van der Waals surface area contributed by atoms with Crippen LogP contribution >= 0.6 is 0 Å². The molecule has 1 aliphatic carbocycles. The van der Waals surface area contributed by atoms with E-state index in [1.807, 2.05) is 15.8 Å². The summed E-state index contributed by atoms with van der Waals surface area (Å²) in [4.78, 5) is 14.6. The summed E-state index contributed by atoms with van der Waals surface area (Å²) >= 11 is 0. The Labute approximate surface area is 125 Å². The molecule has 116 valence electrons. The summed E-state index contributed by atoms with van der Waals surface area (Å²) in [6, 6.07) is 0.325. The molecular formula is C15H25N5O. The van der Waals surface area contributed by atoms with Crippen LogP contribution in [-0.4, -0.2) is 33.7 Å². The van der Waals surface area contributed by atoms with Gasteiger partial charge in [0.1, 0.15) is 5.82 Å². The van der Waals surface area contributed by atoms with Crippen LogP contribution in [0.25, 0.3) is 0 Å². The number of aromatic nitrogens is 2. The molecule has 2 heterocycles. The summed E-state index contributed by atoms with van der Waals surface area (Å²) < 4.78 is 1.93. The Morgan fingerprint density at radius 3 is 2.57 bits per heavy atom. The number of likely N-dealkylation sites (tertiary alicyclic amines) is 1. The van der Waals surface area contributed by atoms with Gasteiger partial charge in [0.2, 0.25) is 5.91 Å². The maximum atomic E-state index is 12.5. The zero-order valence-electron chi connectivity index (χ0n) is 12.7. The maximum Gasteiger partial charge on any atom is 0.228 e. The van der Waals surface area contributed by atoms with E-state index in [0.29, 0.717) is 24.3 Å². The van der Waals surface area contributed by atoms with Crippen molar-refractivity contribution in [3.05, 3.63) is 11.8 Å². The summed E-state index contributed by atoms with van der Waals surface area (Å²) in [7, 11) is 0. The predicted octanol–water partition coefficient (Wildman–Crippen LogP) is 1.28. The number of nitrogens with two attached hydrogens (primary N) is 2. The average molecular weight is 291 g/mol. The van der Waals surface area contributed by atoms with Crippen molar-refractivity contribution in [1.29, 1.82) is 0 Å². The normalized spacial score (nSPS) is 22.1. The van der Waals surface area contributed by atoms with Crippen LogP contribution in [0.5, 0.6) is 0 Å². The summed E-state index contributed by atoms with van der Waals surface area (Å²) in [5.74, 6) is 0.868. The molecule has 0 bridgehead atoms. The first-order valence-electron chi connectivity index (χ1n) is 7.86. The van der Waals surface area contributed by atoms with Gasteiger partial charge in [0.15, 0.2) is 0 Å². The summed E-state index contributed by atoms with van der Waals surface area (Å²) in [5.41, 5.74) is 12.3. The number of carbonyl (C=O) groups is 1. The second-order valence-electron chi connectivity index (χ2n) is 6.66. The van der Waals surface area contributed by atoms with E-state index in [9.17, 15) is 4.79 Å². The van der Waals surface area contributed by atoms with Crippen molar-refractivity contribution in [2.24, 2.45) is 11.1 Å². The number of hydrogen-bond donors (Lipinski definition) is 2. The van der Waals surface area contributed by atoms with Gasteiger partial charge in [-0.2, -0.15) is 5.10 Å². The molecule has 1 saturated carbocycles. The molecule has 2 aliphatic rings. The van der Waals surface area contributed by atoms with Gasteiger partial charge in [-0.1, -0.05) is 13.3 Å². The first-order valence-corrected chi connectivity index (χ1v) is 7.86. The molecule has 1 aliphatic heterocycles. The third-order valence-electron chi connectivity index (χ3n) is 5.16. The molecule has 1 amide bonds. The molecule has 0 aromatic carbocycles. The van der Waals surface area contributed by atoms with Crippen molar-refractivity contribution >= 4 is 11.7 Å². The molecule has 4 N–H and O–H groups in total. The minimum atomic E-state index is -0.0876. The molecule has 1 saturated heterocycles. The first kappa shape index (κ1) is 14.4. The Balaban J connectivity index is 1.61. The minimum absolute atomic E-state index is 0.0876. The molecule has 6 nitrogen and oxygen atoms in total.